The van der Waals surface area contributed by atoms with Crippen LogP contribution in [0.1, 0.15) is 17.5 Å². The molecule has 0 unspecified atom stereocenters. The third-order valence-electron chi connectivity index (χ3n) is 2.99. The van der Waals surface area contributed by atoms with Gasteiger partial charge in [-0.3, -0.25) is 0 Å². The molecule has 0 aromatic heterocycles. The van der Waals surface area contributed by atoms with E-state index in [0.29, 0.717) is 0 Å². The molecule has 0 spiro atoms. The Labute approximate surface area is 117 Å². The summed E-state index contributed by atoms with van der Waals surface area (Å²) in [5, 5.41) is 3.48. The van der Waals surface area contributed by atoms with Gasteiger partial charge in [-0.25, -0.2) is 0 Å². The van der Waals surface area contributed by atoms with E-state index in [1.54, 1.807) is 0 Å². The van der Waals surface area contributed by atoms with E-state index in [2.05, 4.69) is 76.7 Å². The van der Waals surface area contributed by atoms with Crippen molar-refractivity contribution in [3.05, 3.63) is 64.1 Å². The van der Waals surface area contributed by atoms with Crippen molar-refractivity contribution in [2.45, 2.75) is 19.8 Å². The van der Waals surface area contributed by atoms with Gasteiger partial charge >= 0.3 is 0 Å². The normalized spacial score (nSPS) is 10.3. The van der Waals surface area contributed by atoms with Crippen LogP contribution >= 0.6 is 15.9 Å². The van der Waals surface area contributed by atoms with Crippen LogP contribution in [0.25, 0.3) is 0 Å². The smallest absolute Gasteiger partial charge is 0.0487 e. The van der Waals surface area contributed by atoms with E-state index < -0.39 is 0 Å². The van der Waals surface area contributed by atoms with Crippen LogP contribution in [0.3, 0.4) is 0 Å². The molecule has 2 aromatic carbocycles. The maximum Gasteiger partial charge on any atom is 0.0487 e. The molecule has 0 aliphatic heterocycles. The van der Waals surface area contributed by atoms with Crippen molar-refractivity contribution >= 4 is 21.6 Å². The van der Waals surface area contributed by atoms with Crippen molar-refractivity contribution in [1.82, 2.24) is 0 Å². The summed E-state index contributed by atoms with van der Waals surface area (Å²) in [6.45, 7) is 3.11. The van der Waals surface area contributed by atoms with Crippen molar-refractivity contribution in [1.29, 1.82) is 0 Å². The molecule has 0 fully saturated rings. The molecule has 0 saturated carbocycles. The Balaban J connectivity index is 1.81. The van der Waals surface area contributed by atoms with E-state index in [0.717, 1.165) is 19.4 Å². The Bertz CT molecular complexity index is 494. The largest absolute Gasteiger partial charge is 0.384 e. The second-order valence-electron chi connectivity index (χ2n) is 4.45. The third kappa shape index (κ3) is 3.61. The summed E-state index contributed by atoms with van der Waals surface area (Å²) in [6, 6.07) is 16.9. The van der Waals surface area contributed by atoms with Crippen molar-refractivity contribution in [3.63, 3.8) is 0 Å². The van der Waals surface area contributed by atoms with Crippen LogP contribution in [0, 0.1) is 6.92 Å². The van der Waals surface area contributed by atoms with Gasteiger partial charge in [0.2, 0.25) is 0 Å². The van der Waals surface area contributed by atoms with Gasteiger partial charge in [-0.05, 0) is 52.9 Å². The van der Waals surface area contributed by atoms with Gasteiger partial charge in [-0.15, -0.1) is 0 Å². The van der Waals surface area contributed by atoms with E-state index in [1.165, 1.54) is 21.3 Å². The van der Waals surface area contributed by atoms with Gasteiger partial charge < -0.3 is 5.32 Å². The van der Waals surface area contributed by atoms with E-state index >= 15 is 0 Å². The van der Waals surface area contributed by atoms with E-state index in [4.69, 9.17) is 0 Å². The van der Waals surface area contributed by atoms with Crippen molar-refractivity contribution in [3.8, 4) is 0 Å². The molecule has 0 saturated heterocycles. The van der Waals surface area contributed by atoms with Crippen molar-refractivity contribution < 1.29 is 0 Å². The summed E-state index contributed by atoms with van der Waals surface area (Å²) in [7, 11) is 0. The number of aryl methyl sites for hydroxylation is 2. The minimum absolute atomic E-state index is 0.997. The van der Waals surface area contributed by atoms with Crippen LogP contribution in [0.4, 0.5) is 5.69 Å². The van der Waals surface area contributed by atoms with Gasteiger partial charge in [0.1, 0.15) is 0 Å². The van der Waals surface area contributed by atoms with E-state index in [9.17, 15) is 0 Å². The summed E-state index contributed by atoms with van der Waals surface area (Å²) >= 11 is 3.61. The first-order valence-corrected chi connectivity index (χ1v) is 7.09. The average Bonchev–Trinajstić information content (AvgIpc) is 2.40. The number of anilines is 1. The molecule has 2 rings (SSSR count). The minimum atomic E-state index is 0.997. The zero-order chi connectivity index (χ0) is 12.8. The number of hydrogen-bond acceptors (Lipinski definition) is 1. The first kappa shape index (κ1) is 13.2. The summed E-state index contributed by atoms with van der Waals surface area (Å²) in [5.41, 5.74) is 3.86. The highest BCUT2D eigenvalue weighted by Gasteiger charge is 2.00. The molecule has 1 N–H and O–H groups in total. The molecule has 1 nitrogen and oxygen atoms in total. The molecular formula is C16H18BrN. The van der Waals surface area contributed by atoms with E-state index in [-0.39, 0.29) is 0 Å². The topological polar surface area (TPSA) is 12.0 Å². The first-order valence-electron chi connectivity index (χ1n) is 6.30. The predicted molar refractivity (Wildman–Crippen MR) is 82.1 cm³/mol. The number of benzene rings is 2. The Hall–Kier alpha value is -1.28. The Morgan fingerprint density at radius 2 is 1.78 bits per heavy atom. The molecule has 0 aliphatic rings. The zero-order valence-electron chi connectivity index (χ0n) is 10.6. The number of halogens is 1. The van der Waals surface area contributed by atoms with Gasteiger partial charge in [0, 0.05) is 16.7 Å². The van der Waals surface area contributed by atoms with Crippen LogP contribution in [-0.2, 0) is 6.42 Å². The lowest BCUT2D eigenvalue weighted by Gasteiger charge is -2.10. The Morgan fingerprint density at radius 3 is 2.56 bits per heavy atom. The highest BCUT2D eigenvalue weighted by Crippen LogP contribution is 2.25. The predicted octanol–water partition coefficient (Wildman–Crippen LogP) is 4.80. The fourth-order valence-electron chi connectivity index (χ4n) is 1.94. The maximum absolute atomic E-state index is 3.61. The lowest BCUT2D eigenvalue weighted by atomic mass is 10.1. The maximum atomic E-state index is 3.61. The van der Waals surface area contributed by atoms with Crippen LogP contribution < -0.4 is 5.32 Å². The Kier molecular flexibility index (Phi) is 4.82. The Morgan fingerprint density at radius 1 is 1.00 bits per heavy atom. The van der Waals surface area contributed by atoms with Crippen molar-refractivity contribution in [2.24, 2.45) is 0 Å². The first-order chi connectivity index (χ1) is 8.77. The molecule has 18 heavy (non-hydrogen) atoms. The van der Waals surface area contributed by atoms with Crippen LogP contribution in [-0.4, -0.2) is 6.54 Å². The van der Waals surface area contributed by atoms with Gasteiger partial charge in [-0.2, -0.15) is 0 Å². The molecular weight excluding hydrogens is 286 g/mol. The number of hydrogen-bond donors (Lipinski definition) is 1. The van der Waals surface area contributed by atoms with Gasteiger partial charge in [0.05, 0.1) is 0 Å². The molecule has 0 heterocycles. The minimum Gasteiger partial charge on any atom is -0.384 e. The number of rotatable bonds is 5. The quantitative estimate of drug-likeness (QED) is 0.782. The molecule has 0 amide bonds. The summed E-state index contributed by atoms with van der Waals surface area (Å²) < 4.78 is 1.17. The molecule has 0 aliphatic carbocycles. The lowest BCUT2D eigenvalue weighted by molar-refractivity contribution is 0.862. The monoisotopic (exact) mass is 303 g/mol. The molecule has 2 heteroatoms. The molecule has 0 bridgehead atoms. The highest BCUT2D eigenvalue weighted by molar-refractivity contribution is 9.10. The SMILES string of the molecule is Cc1cccc(NCCCc2ccccc2)c1Br. The second kappa shape index (κ2) is 6.60. The van der Waals surface area contributed by atoms with Crippen molar-refractivity contribution in [2.75, 3.05) is 11.9 Å². The van der Waals surface area contributed by atoms with Crippen LogP contribution in [0.5, 0.6) is 0 Å². The lowest BCUT2D eigenvalue weighted by Crippen LogP contribution is -2.03. The zero-order valence-corrected chi connectivity index (χ0v) is 12.2. The molecule has 2 aromatic rings. The summed E-state index contributed by atoms with van der Waals surface area (Å²) in [6.07, 6.45) is 2.27. The van der Waals surface area contributed by atoms with Gasteiger partial charge in [-0.1, -0.05) is 42.5 Å². The van der Waals surface area contributed by atoms with Crippen LogP contribution in [0.15, 0.2) is 53.0 Å². The van der Waals surface area contributed by atoms with Gasteiger partial charge in [0.25, 0.3) is 0 Å². The fraction of sp³-hybridized carbons (Fsp3) is 0.250. The highest BCUT2D eigenvalue weighted by atomic mass is 79.9. The molecule has 0 atom stereocenters. The molecule has 0 radical (unpaired) electrons. The van der Waals surface area contributed by atoms with Gasteiger partial charge in [0.15, 0.2) is 0 Å². The van der Waals surface area contributed by atoms with E-state index in [1.807, 2.05) is 0 Å². The average molecular weight is 304 g/mol. The molecule has 94 valence electrons. The summed E-state index contributed by atoms with van der Waals surface area (Å²) in [5.74, 6) is 0. The third-order valence-corrected chi connectivity index (χ3v) is 4.04. The fourth-order valence-corrected chi connectivity index (χ4v) is 2.35. The second-order valence-corrected chi connectivity index (χ2v) is 5.25. The number of nitrogens with one attached hydrogen (secondary N) is 1. The van der Waals surface area contributed by atoms with Crippen LogP contribution in [0.2, 0.25) is 0 Å². The standard InChI is InChI=1S/C16H18BrN/c1-13-7-5-11-15(16(13)17)18-12-6-10-14-8-3-2-4-9-14/h2-5,7-9,11,18H,6,10,12H2,1H3. The summed E-state index contributed by atoms with van der Waals surface area (Å²) in [4.78, 5) is 0.